The van der Waals surface area contributed by atoms with E-state index in [1.165, 1.54) is 30.3 Å². The van der Waals surface area contributed by atoms with E-state index in [0.717, 1.165) is 6.07 Å². The molecular weight excluding hydrogens is 357 g/mol. The van der Waals surface area contributed by atoms with Crippen LogP contribution in [0, 0.1) is 10.1 Å². The lowest BCUT2D eigenvalue weighted by Gasteiger charge is -2.08. The van der Waals surface area contributed by atoms with Crippen molar-refractivity contribution in [1.29, 1.82) is 0 Å². The molecule has 0 bridgehead atoms. The summed E-state index contributed by atoms with van der Waals surface area (Å²) in [4.78, 5) is 33.8. The molecular formula is C15H11Cl2N3O4. The highest BCUT2D eigenvalue weighted by Gasteiger charge is 2.12. The molecule has 0 heterocycles. The summed E-state index contributed by atoms with van der Waals surface area (Å²) in [5.74, 6) is -1.07. The van der Waals surface area contributed by atoms with E-state index in [1.807, 2.05) is 0 Å². The van der Waals surface area contributed by atoms with Gasteiger partial charge in [-0.15, -0.1) is 0 Å². The molecule has 7 nitrogen and oxygen atoms in total. The average molecular weight is 368 g/mol. The fourth-order valence-corrected chi connectivity index (χ4v) is 2.10. The second-order valence-electron chi connectivity index (χ2n) is 4.67. The molecule has 0 spiro atoms. The van der Waals surface area contributed by atoms with Gasteiger partial charge in [-0.2, -0.15) is 0 Å². The second kappa shape index (κ2) is 7.76. The zero-order valence-electron chi connectivity index (χ0n) is 12.1. The molecule has 2 rings (SSSR count). The molecule has 0 aliphatic heterocycles. The standard InChI is InChI=1S/C15H11Cl2N3O4/c16-12-5-4-10(7-13(12)17)19-14(21)8-18-15(22)9-2-1-3-11(6-9)20(23)24/h1-7H,8H2,(H,18,22)(H,19,21). The average Bonchev–Trinajstić information content (AvgIpc) is 2.56. The molecule has 0 saturated carbocycles. The molecule has 2 aromatic rings. The van der Waals surface area contributed by atoms with Crippen LogP contribution >= 0.6 is 23.2 Å². The Balaban J connectivity index is 1.93. The topological polar surface area (TPSA) is 101 Å². The largest absolute Gasteiger partial charge is 0.343 e. The number of amides is 2. The molecule has 2 N–H and O–H groups in total. The number of nitro benzene ring substituents is 1. The maximum absolute atomic E-state index is 11.9. The summed E-state index contributed by atoms with van der Waals surface area (Å²) in [6.45, 7) is -0.304. The van der Waals surface area contributed by atoms with E-state index in [1.54, 1.807) is 6.07 Å². The van der Waals surface area contributed by atoms with Crippen LogP contribution in [0.4, 0.5) is 11.4 Å². The van der Waals surface area contributed by atoms with E-state index in [-0.39, 0.29) is 22.8 Å². The fourth-order valence-electron chi connectivity index (χ4n) is 1.80. The summed E-state index contributed by atoms with van der Waals surface area (Å²) < 4.78 is 0. The number of halogens is 2. The Morgan fingerprint density at radius 2 is 1.83 bits per heavy atom. The summed E-state index contributed by atoms with van der Waals surface area (Å²) >= 11 is 11.6. The Morgan fingerprint density at radius 1 is 1.08 bits per heavy atom. The molecule has 0 saturated heterocycles. The number of non-ortho nitro benzene ring substituents is 1. The lowest BCUT2D eigenvalue weighted by molar-refractivity contribution is -0.384. The van der Waals surface area contributed by atoms with E-state index in [0.29, 0.717) is 10.7 Å². The van der Waals surface area contributed by atoms with E-state index in [4.69, 9.17) is 23.2 Å². The number of carbonyl (C=O) groups is 2. The van der Waals surface area contributed by atoms with Crippen LogP contribution in [0.3, 0.4) is 0 Å². The van der Waals surface area contributed by atoms with E-state index < -0.39 is 16.7 Å². The van der Waals surface area contributed by atoms with Gasteiger partial charge in [0.2, 0.25) is 5.91 Å². The van der Waals surface area contributed by atoms with Crippen LogP contribution in [-0.4, -0.2) is 23.3 Å². The van der Waals surface area contributed by atoms with Crippen LogP contribution in [0.5, 0.6) is 0 Å². The summed E-state index contributed by atoms with van der Waals surface area (Å²) in [6.07, 6.45) is 0. The number of benzene rings is 2. The van der Waals surface area contributed by atoms with Crippen LogP contribution in [0.2, 0.25) is 10.0 Å². The summed E-state index contributed by atoms with van der Waals surface area (Å²) in [7, 11) is 0. The van der Waals surface area contributed by atoms with Crippen molar-refractivity contribution in [2.45, 2.75) is 0 Å². The van der Waals surface area contributed by atoms with E-state index >= 15 is 0 Å². The van der Waals surface area contributed by atoms with Gasteiger partial charge in [-0.25, -0.2) is 0 Å². The highest BCUT2D eigenvalue weighted by atomic mass is 35.5. The SMILES string of the molecule is O=C(CNC(=O)c1cccc([N+](=O)[O-])c1)Nc1ccc(Cl)c(Cl)c1. The number of nitrogens with zero attached hydrogens (tertiary/aromatic N) is 1. The van der Waals surface area contributed by atoms with Crippen molar-refractivity contribution in [2.75, 3.05) is 11.9 Å². The quantitative estimate of drug-likeness (QED) is 0.625. The van der Waals surface area contributed by atoms with Crippen molar-refractivity contribution in [3.8, 4) is 0 Å². The third kappa shape index (κ3) is 4.68. The smallest absolute Gasteiger partial charge is 0.270 e. The van der Waals surface area contributed by atoms with Crippen molar-refractivity contribution in [1.82, 2.24) is 5.32 Å². The number of rotatable bonds is 5. The van der Waals surface area contributed by atoms with Crippen molar-refractivity contribution >= 4 is 46.4 Å². The minimum atomic E-state index is -0.603. The lowest BCUT2D eigenvalue weighted by Crippen LogP contribution is -2.32. The van der Waals surface area contributed by atoms with Crippen LogP contribution in [0.1, 0.15) is 10.4 Å². The number of nitrogens with one attached hydrogen (secondary N) is 2. The van der Waals surface area contributed by atoms with Crippen LogP contribution in [0.25, 0.3) is 0 Å². The zero-order chi connectivity index (χ0) is 17.7. The fraction of sp³-hybridized carbons (Fsp3) is 0.0667. The molecule has 9 heteroatoms. The normalized spacial score (nSPS) is 10.1. The monoisotopic (exact) mass is 367 g/mol. The molecule has 0 unspecified atom stereocenters. The Labute approximate surface area is 146 Å². The third-order valence-corrected chi connectivity index (χ3v) is 3.67. The molecule has 0 aliphatic carbocycles. The lowest BCUT2D eigenvalue weighted by atomic mass is 10.2. The van der Waals surface area contributed by atoms with Crippen molar-refractivity contribution in [3.63, 3.8) is 0 Å². The van der Waals surface area contributed by atoms with Gasteiger partial charge in [-0.05, 0) is 24.3 Å². The first-order valence-electron chi connectivity index (χ1n) is 6.64. The highest BCUT2D eigenvalue weighted by Crippen LogP contribution is 2.24. The molecule has 2 aromatic carbocycles. The maximum Gasteiger partial charge on any atom is 0.270 e. The zero-order valence-corrected chi connectivity index (χ0v) is 13.6. The van der Waals surface area contributed by atoms with Gasteiger partial charge in [-0.3, -0.25) is 19.7 Å². The van der Waals surface area contributed by atoms with E-state index in [9.17, 15) is 19.7 Å². The molecule has 0 radical (unpaired) electrons. The van der Waals surface area contributed by atoms with Crippen molar-refractivity contribution in [2.24, 2.45) is 0 Å². The summed E-state index contributed by atoms with van der Waals surface area (Å²) in [6, 6.07) is 9.78. The molecule has 0 aromatic heterocycles. The summed E-state index contributed by atoms with van der Waals surface area (Å²) in [5.41, 5.74) is 0.313. The first kappa shape index (κ1) is 17.7. The Bertz CT molecular complexity index is 811. The number of hydrogen-bond donors (Lipinski definition) is 2. The third-order valence-electron chi connectivity index (χ3n) is 2.93. The number of anilines is 1. The number of hydrogen-bond acceptors (Lipinski definition) is 4. The second-order valence-corrected chi connectivity index (χ2v) is 5.48. The van der Waals surface area contributed by atoms with Gasteiger partial charge in [0, 0.05) is 23.4 Å². The minimum absolute atomic E-state index is 0.0894. The van der Waals surface area contributed by atoms with Gasteiger partial charge in [-0.1, -0.05) is 29.3 Å². The predicted molar refractivity (Wildman–Crippen MR) is 90.5 cm³/mol. The van der Waals surface area contributed by atoms with E-state index in [2.05, 4.69) is 10.6 Å². The Morgan fingerprint density at radius 3 is 2.50 bits per heavy atom. The number of nitro groups is 1. The van der Waals surface area contributed by atoms with Gasteiger partial charge < -0.3 is 10.6 Å². The molecule has 124 valence electrons. The van der Waals surface area contributed by atoms with Crippen LogP contribution in [0.15, 0.2) is 42.5 Å². The van der Waals surface area contributed by atoms with Gasteiger partial charge >= 0.3 is 0 Å². The summed E-state index contributed by atoms with van der Waals surface area (Å²) in [5, 5.41) is 16.2. The molecule has 24 heavy (non-hydrogen) atoms. The maximum atomic E-state index is 11.9. The van der Waals surface area contributed by atoms with Crippen LogP contribution in [-0.2, 0) is 4.79 Å². The molecule has 0 fully saturated rings. The number of carbonyl (C=O) groups excluding carboxylic acids is 2. The van der Waals surface area contributed by atoms with Crippen LogP contribution < -0.4 is 10.6 Å². The molecule has 0 aliphatic rings. The first-order valence-corrected chi connectivity index (χ1v) is 7.40. The van der Waals surface area contributed by atoms with Gasteiger partial charge in [0.1, 0.15) is 0 Å². The first-order chi connectivity index (χ1) is 11.4. The van der Waals surface area contributed by atoms with Crippen molar-refractivity contribution in [3.05, 3.63) is 68.2 Å². The Hall–Kier alpha value is -2.64. The van der Waals surface area contributed by atoms with Gasteiger partial charge in [0.25, 0.3) is 11.6 Å². The molecule has 2 amide bonds. The van der Waals surface area contributed by atoms with Gasteiger partial charge in [0.05, 0.1) is 21.5 Å². The minimum Gasteiger partial charge on any atom is -0.343 e. The Kier molecular flexibility index (Phi) is 5.73. The van der Waals surface area contributed by atoms with Crippen molar-refractivity contribution < 1.29 is 14.5 Å². The highest BCUT2D eigenvalue weighted by molar-refractivity contribution is 6.42. The molecule has 0 atom stereocenters. The van der Waals surface area contributed by atoms with Gasteiger partial charge in [0.15, 0.2) is 0 Å². The predicted octanol–water partition coefficient (Wildman–Crippen LogP) is 3.27.